The first-order chi connectivity index (χ1) is 11.6. The summed E-state index contributed by atoms with van der Waals surface area (Å²) in [4.78, 5) is 12.4. The van der Waals surface area contributed by atoms with Gasteiger partial charge >= 0.3 is 0 Å². The molecule has 5 nitrogen and oxygen atoms in total. The highest BCUT2D eigenvalue weighted by atomic mass is 16.5. The van der Waals surface area contributed by atoms with Gasteiger partial charge in [0, 0.05) is 5.69 Å². The molecule has 0 spiro atoms. The molecule has 0 fully saturated rings. The van der Waals surface area contributed by atoms with E-state index in [-0.39, 0.29) is 5.91 Å². The highest BCUT2D eigenvalue weighted by Crippen LogP contribution is 2.28. The Hall–Kier alpha value is -3.00. The van der Waals surface area contributed by atoms with Gasteiger partial charge in [-0.05, 0) is 42.7 Å². The fourth-order valence-electron chi connectivity index (χ4n) is 2.37. The summed E-state index contributed by atoms with van der Waals surface area (Å²) in [6, 6.07) is 14.9. The Morgan fingerprint density at radius 2 is 1.88 bits per heavy atom. The van der Waals surface area contributed by atoms with E-state index in [1.165, 1.54) is 0 Å². The van der Waals surface area contributed by atoms with Crippen LogP contribution in [0.4, 0.5) is 5.69 Å². The lowest BCUT2D eigenvalue weighted by molar-refractivity contribution is -0.118. The Kier molecular flexibility index (Phi) is 5.80. The van der Waals surface area contributed by atoms with Gasteiger partial charge in [0.2, 0.25) is 5.91 Å². The topological polar surface area (TPSA) is 71.3 Å². The minimum atomic E-state index is -0.789. The van der Waals surface area contributed by atoms with Crippen molar-refractivity contribution in [1.82, 2.24) is 0 Å². The average Bonchev–Trinajstić information content (AvgIpc) is 2.61. The molecule has 0 bridgehead atoms. The lowest BCUT2D eigenvalue weighted by Gasteiger charge is -2.13. The highest BCUT2D eigenvalue weighted by Gasteiger charge is 2.20. The number of para-hydroxylation sites is 1. The number of methoxy groups -OCH3 is 2. The molecule has 0 aliphatic heterocycles. The maximum atomic E-state index is 12.4. The average molecular weight is 324 g/mol. The molecular formula is C19H20N2O3. The van der Waals surface area contributed by atoms with Crippen LogP contribution in [0.25, 0.3) is 0 Å². The molecule has 2 aromatic rings. The molecule has 0 heterocycles. The van der Waals surface area contributed by atoms with Crippen LogP contribution in [0.15, 0.2) is 42.5 Å². The Balaban J connectivity index is 2.13. The van der Waals surface area contributed by atoms with Crippen molar-refractivity contribution in [1.29, 1.82) is 5.26 Å². The van der Waals surface area contributed by atoms with Crippen molar-refractivity contribution in [2.75, 3.05) is 19.5 Å². The summed E-state index contributed by atoms with van der Waals surface area (Å²) in [5.41, 5.74) is 2.50. The van der Waals surface area contributed by atoms with Crippen LogP contribution in [-0.2, 0) is 11.2 Å². The molecule has 1 N–H and O–H groups in total. The number of amides is 1. The zero-order valence-electron chi connectivity index (χ0n) is 14.0. The largest absolute Gasteiger partial charge is 0.493 e. The van der Waals surface area contributed by atoms with Gasteiger partial charge in [0.05, 0.1) is 20.3 Å². The summed E-state index contributed by atoms with van der Waals surface area (Å²) in [6.07, 6.45) is 0.300. The predicted octanol–water partition coefficient (Wildman–Crippen LogP) is 3.33. The van der Waals surface area contributed by atoms with E-state index in [2.05, 4.69) is 11.4 Å². The molecule has 2 aromatic carbocycles. The normalized spacial score (nSPS) is 11.2. The number of hydrogen-bond acceptors (Lipinski definition) is 4. The number of carbonyl (C=O) groups is 1. The van der Waals surface area contributed by atoms with E-state index in [1.807, 2.05) is 37.3 Å². The summed E-state index contributed by atoms with van der Waals surface area (Å²) >= 11 is 0. The fraction of sp³-hybridized carbons (Fsp3) is 0.263. The lowest BCUT2D eigenvalue weighted by atomic mass is 9.99. The van der Waals surface area contributed by atoms with Gasteiger partial charge in [-0.1, -0.05) is 24.3 Å². The number of nitrogens with zero attached hydrogens (tertiary/aromatic N) is 1. The van der Waals surface area contributed by atoms with Gasteiger partial charge in [0.25, 0.3) is 0 Å². The number of aryl methyl sites for hydroxylation is 1. The third-order valence-corrected chi connectivity index (χ3v) is 3.76. The number of nitrogens with one attached hydrogen (secondary N) is 1. The zero-order chi connectivity index (χ0) is 17.5. The van der Waals surface area contributed by atoms with Crippen LogP contribution in [0.5, 0.6) is 11.5 Å². The second-order valence-corrected chi connectivity index (χ2v) is 5.38. The van der Waals surface area contributed by atoms with E-state index in [4.69, 9.17) is 9.47 Å². The smallest absolute Gasteiger partial charge is 0.242 e. The minimum absolute atomic E-state index is 0.300. The van der Waals surface area contributed by atoms with Gasteiger partial charge in [-0.25, -0.2) is 0 Å². The van der Waals surface area contributed by atoms with Crippen LogP contribution >= 0.6 is 0 Å². The molecule has 1 atom stereocenters. The van der Waals surface area contributed by atoms with Crippen LogP contribution < -0.4 is 14.8 Å². The third kappa shape index (κ3) is 4.05. The quantitative estimate of drug-likeness (QED) is 0.884. The third-order valence-electron chi connectivity index (χ3n) is 3.76. The van der Waals surface area contributed by atoms with Crippen LogP contribution in [0.1, 0.15) is 11.1 Å². The summed E-state index contributed by atoms with van der Waals surface area (Å²) in [5.74, 6) is 0.0782. The molecule has 1 unspecified atom stereocenters. The molecule has 0 aliphatic rings. The molecule has 5 heteroatoms. The fourth-order valence-corrected chi connectivity index (χ4v) is 2.37. The van der Waals surface area contributed by atoms with Crippen molar-refractivity contribution in [2.24, 2.45) is 5.92 Å². The molecule has 24 heavy (non-hydrogen) atoms. The maximum Gasteiger partial charge on any atom is 0.242 e. The Labute approximate surface area is 141 Å². The van der Waals surface area contributed by atoms with E-state index in [0.717, 1.165) is 16.8 Å². The summed E-state index contributed by atoms with van der Waals surface area (Å²) in [7, 11) is 3.11. The van der Waals surface area contributed by atoms with Crippen LogP contribution in [0.2, 0.25) is 0 Å². The molecule has 0 saturated carbocycles. The first-order valence-electron chi connectivity index (χ1n) is 7.56. The van der Waals surface area contributed by atoms with Crippen molar-refractivity contribution < 1.29 is 14.3 Å². The number of nitriles is 1. The van der Waals surface area contributed by atoms with Crippen molar-refractivity contribution in [3.63, 3.8) is 0 Å². The van der Waals surface area contributed by atoms with E-state index in [9.17, 15) is 10.1 Å². The second kappa shape index (κ2) is 8.02. The van der Waals surface area contributed by atoms with Crippen LogP contribution in [0, 0.1) is 24.2 Å². The van der Waals surface area contributed by atoms with E-state index >= 15 is 0 Å². The van der Waals surface area contributed by atoms with Crippen molar-refractivity contribution in [3.8, 4) is 17.6 Å². The van der Waals surface area contributed by atoms with Crippen LogP contribution in [-0.4, -0.2) is 20.1 Å². The number of benzene rings is 2. The molecule has 1 amide bonds. The van der Waals surface area contributed by atoms with E-state index in [1.54, 1.807) is 26.4 Å². The first kappa shape index (κ1) is 17.4. The van der Waals surface area contributed by atoms with Crippen molar-refractivity contribution in [2.45, 2.75) is 13.3 Å². The van der Waals surface area contributed by atoms with E-state index < -0.39 is 5.92 Å². The monoisotopic (exact) mass is 324 g/mol. The number of carbonyl (C=O) groups excluding carboxylic acids is 1. The van der Waals surface area contributed by atoms with Crippen molar-refractivity contribution >= 4 is 11.6 Å². The standard InChI is InChI=1S/C19H20N2O3/c1-13-6-4-5-7-16(13)21-19(22)15(12-20)10-14-8-9-17(23-2)18(11-14)24-3/h4-9,11,15H,10H2,1-3H3,(H,21,22). The Morgan fingerprint density at radius 1 is 1.17 bits per heavy atom. The molecule has 124 valence electrons. The number of ether oxygens (including phenoxy) is 2. The molecule has 0 aliphatic carbocycles. The zero-order valence-corrected chi connectivity index (χ0v) is 14.0. The van der Waals surface area contributed by atoms with Gasteiger partial charge in [0.15, 0.2) is 11.5 Å². The summed E-state index contributed by atoms with van der Waals surface area (Å²) < 4.78 is 10.4. The molecule has 2 rings (SSSR count). The van der Waals surface area contributed by atoms with Gasteiger partial charge < -0.3 is 14.8 Å². The highest BCUT2D eigenvalue weighted by molar-refractivity contribution is 5.94. The Morgan fingerprint density at radius 3 is 2.50 bits per heavy atom. The van der Waals surface area contributed by atoms with Gasteiger partial charge in [-0.2, -0.15) is 5.26 Å². The number of anilines is 1. The first-order valence-corrected chi connectivity index (χ1v) is 7.56. The Bertz CT molecular complexity index is 765. The predicted molar refractivity (Wildman–Crippen MR) is 92.2 cm³/mol. The molecule has 0 aromatic heterocycles. The molecule has 0 radical (unpaired) electrons. The minimum Gasteiger partial charge on any atom is -0.493 e. The number of rotatable bonds is 6. The maximum absolute atomic E-state index is 12.4. The van der Waals surface area contributed by atoms with Crippen LogP contribution in [0.3, 0.4) is 0 Å². The molecule has 0 saturated heterocycles. The SMILES string of the molecule is COc1ccc(CC(C#N)C(=O)Nc2ccccc2C)cc1OC. The van der Waals surface area contributed by atoms with Crippen molar-refractivity contribution in [3.05, 3.63) is 53.6 Å². The van der Waals surface area contributed by atoms with E-state index in [0.29, 0.717) is 17.9 Å². The van der Waals surface area contributed by atoms with Gasteiger partial charge in [-0.3, -0.25) is 4.79 Å². The van der Waals surface area contributed by atoms with Gasteiger partial charge in [-0.15, -0.1) is 0 Å². The molecular weight excluding hydrogens is 304 g/mol. The second-order valence-electron chi connectivity index (χ2n) is 5.38. The number of hydrogen-bond donors (Lipinski definition) is 1. The lowest BCUT2D eigenvalue weighted by Crippen LogP contribution is -2.23. The van der Waals surface area contributed by atoms with Gasteiger partial charge in [0.1, 0.15) is 5.92 Å². The summed E-state index contributed by atoms with van der Waals surface area (Å²) in [5, 5.41) is 12.2. The summed E-state index contributed by atoms with van der Waals surface area (Å²) in [6.45, 7) is 1.91.